The number of aryl methyl sites for hydroxylation is 1. The first-order chi connectivity index (χ1) is 17.2. The van der Waals surface area contributed by atoms with Gasteiger partial charge in [0.2, 0.25) is 5.91 Å². The molecule has 1 saturated carbocycles. The lowest BCUT2D eigenvalue weighted by Crippen LogP contribution is -2.28. The van der Waals surface area contributed by atoms with E-state index in [1.807, 2.05) is 0 Å². The number of nitrogens with zero attached hydrogens (tertiary/aromatic N) is 2. The summed E-state index contributed by atoms with van der Waals surface area (Å²) in [5.41, 5.74) is 0.817. The van der Waals surface area contributed by atoms with Gasteiger partial charge in [-0.1, -0.05) is 12.5 Å². The zero-order chi connectivity index (χ0) is 25.8. The summed E-state index contributed by atoms with van der Waals surface area (Å²) in [6.45, 7) is 4.93. The van der Waals surface area contributed by atoms with Crippen LogP contribution in [0.4, 0.5) is 5.69 Å². The predicted molar refractivity (Wildman–Crippen MR) is 137 cm³/mol. The maximum Gasteiger partial charge on any atom is 0.348 e. The zero-order valence-electron chi connectivity index (χ0n) is 20.5. The van der Waals surface area contributed by atoms with Crippen molar-refractivity contribution < 1.29 is 23.9 Å². The normalized spacial score (nSPS) is 14.1. The third-order valence-electron chi connectivity index (χ3n) is 5.97. The van der Waals surface area contributed by atoms with Gasteiger partial charge in [-0.2, -0.15) is 0 Å². The van der Waals surface area contributed by atoms with Crippen LogP contribution in [0.3, 0.4) is 0 Å². The molecule has 36 heavy (non-hydrogen) atoms. The first-order valence-electron chi connectivity index (χ1n) is 12.0. The van der Waals surface area contributed by atoms with E-state index in [-0.39, 0.29) is 18.8 Å². The van der Waals surface area contributed by atoms with Gasteiger partial charge >= 0.3 is 11.9 Å². The second-order valence-electron chi connectivity index (χ2n) is 9.16. The third-order valence-corrected chi connectivity index (χ3v) is 7.15. The number of esters is 2. The Labute approximate surface area is 212 Å². The Morgan fingerprint density at radius 3 is 2.64 bits per heavy atom. The van der Waals surface area contributed by atoms with Gasteiger partial charge in [-0.25, -0.2) is 14.6 Å². The van der Waals surface area contributed by atoms with Crippen molar-refractivity contribution in [3.8, 4) is 0 Å². The molecule has 1 fully saturated rings. The number of hydrogen-bond donors (Lipinski definition) is 1. The molecule has 10 heteroatoms. The van der Waals surface area contributed by atoms with Crippen molar-refractivity contribution in [2.75, 3.05) is 5.32 Å². The molecule has 0 atom stereocenters. The highest BCUT2D eigenvalue weighted by atomic mass is 32.1. The van der Waals surface area contributed by atoms with Crippen LogP contribution >= 0.6 is 11.3 Å². The number of anilines is 1. The molecule has 9 nitrogen and oxygen atoms in total. The highest BCUT2D eigenvalue weighted by Crippen LogP contribution is 2.29. The number of rotatable bonds is 7. The Bertz CT molecular complexity index is 1350. The second kappa shape index (κ2) is 11.0. The Balaban J connectivity index is 1.49. The lowest BCUT2D eigenvalue weighted by Gasteiger charge is -2.21. The highest BCUT2D eigenvalue weighted by Gasteiger charge is 2.24. The quantitative estimate of drug-likeness (QED) is 0.466. The van der Waals surface area contributed by atoms with Crippen LogP contribution in [0.25, 0.3) is 10.2 Å². The Hall–Kier alpha value is -3.53. The van der Waals surface area contributed by atoms with E-state index in [0.29, 0.717) is 31.9 Å². The Kier molecular flexibility index (Phi) is 7.83. The first-order valence-corrected chi connectivity index (χ1v) is 12.8. The maximum atomic E-state index is 13.1. The third kappa shape index (κ3) is 5.81. The number of hydrogen-bond acceptors (Lipinski definition) is 8. The Morgan fingerprint density at radius 2 is 1.92 bits per heavy atom. The molecule has 1 aromatic carbocycles. The van der Waals surface area contributed by atoms with Gasteiger partial charge in [-0.15, -0.1) is 11.3 Å². The molecule has 2 heterocycles. The summed E-state index contributed by atoms with van der Waals surface area (Å²) in [5.74, 6) is -1.38. The number of ether oxygens (including phenoxy) is 2. The number of thiophene rings is 1. The van der Waals surface area contributed by atoms with E-state index < -0.39 is 23.4 Å². The minimum Gasteiger partial charge on any atom is -0.459 e. The number of aromatic nitrogens is 2. The molecule has 1 amide bonds. The van der Waals surface area contributed by atoms with Gasteiger partial charge < -0.3 is 14.8 Å². The van der Waals surface area contributed by atoms with Crippen LogP contribution in [0.1, 0.15) is 71.5 Å². The molecule has 1 aliphatic rings. The summed E-state index contributed by atoms with van der Waals surface area (Å²) in [5, 5.41) is 3.00. The van der Waals surface area contributed by atoms with Crippen molar-refractivity contribution in [3.05, 3.63) is 57.0 Å². The molecule has 1 aliphatic carbocycles. The number of carbonyl (C=O) groups is 3. The number of carbonyl (C=O) groups excluding carboxylic acids is 3. The topological polar surface area (TPSA) is 117 Å². The average Bonchev–Trinajstić information content (AvgIpc) is 3.18. The fourth-order valence-electron chi connectivity index (χ4n) is 4.22. The van der Waals surface area contributed by atoms with E-state index in [1.54, 1.807) is 39.0 Å². The van der Waals surface area contributed by atoms with Crippen molar-refractivity contribution in [2.24, 2.45) is 0 Å². The highest BCUT2D eigenvalue weighted by molar-refractivity contribution is 7.20. The van der Waals surface area contributed by atoms with Crippen LogP contribution in [0, 0.1) is 6.92 Å². The minimum atomic E-state index is -0.488. The SMILES string of the molecule is Cc1c(C(=O)OC2CCCCC2)sc2ncn(CC(=O)Nc3cccc(C(=O)OC(C)C)c3)c(=O)c12. The van der Waals surface area contributed by atoms with Gasteiger partial charge in [-0.05, 0) is 70.2 Å². The van der Waals surface area contributed by atoms with Crippen LogP contribution in [-0.2, 0) is 20.8 Å². The van der Waals surface area contributed by atoms with Gasteiger partial charge in [0.1, 0.15) is 22.4 Å². The summed E-state index contributed by atoms with van der Waals surface area (Å²) >= 11 is 1.13. The monoisotopic (exact) mass is 511 g/mol. The molecule has 0 spiro atoms. The van der Waals surface area contributed by atoms with Crippen LogP contribution in [-0.4, -0.2) is 39.6 Å². The smallest absolute Gasteiger partial charge is 0.348 e. The van der Waals surface area contributed by atoms with Crippen molar-refractivity contribution >= 4 is 45.1 Å². The van der Waals surface area contributed by atoms with Gasteiger partial charge in [0.25, 0.3) is 5.56 Å². The summed E-state index contributed by atoms with van der Waals surface area (Å²) in [6, 6.07) is 6.38. The number of benzene rings is 1. The van der Waals surface area contributed by atoms with Crippen LogP contribution in [0.15, 0.2) is 35.4 Å². The number of fused-ring (bicyclic) bond motifs is 1. The van der Waals surface area contributed by atoms with Crippen molar-refractivity contribution in [1.29, 1.82) is 0 Å². The second-order valence-corrected chi connectivity index (χ2v) is 10.2. The van der Waals surface area contributed by atoms with Gasteiger partial charge in [0, 0.05) is 5.69 Å². The van der Waals surface area contributed by atoms with Gasteiger partial charge in [0.05, 0.1) is 23.4 Å². The molecule has 0 aliphatic heterocycles. The van der Waals surface area contributed by atoms with Crippen LogP contribution < -0.4 is 10.9 Å². The molecule has 2 aromatic heterocycles. The minimum absolute atomic E-state index is 0.0880. The molecular formula is C26H29N3O6S. The standard InChI is InChI=1S/C26H29N3O6S/c1-15(2)34-25(32)17-8-7-9-18(12-17)28-20(30)13-29-14-27-23-21(24(29)31)16(3)22(36-23)26(33)35-19-10-5-4-6-11-19/h7-9,12,14-15,19H,4-6,10-11,13H2,1-3H3,(H,28,30). The van der Waals surface area contributed by atoms with Gasteiger partial charge in [-0.3, -0.25) is 14.2 Å². The van der Waals surface area contributed by atoms with E-state index in [2.05, 4.69) is 10.3 Å². The molecule has 0 unspecified atom stereocenters. The van der Waals surface area contributed by atoms with Crippen molar-refractivity contribution in [1.82, 2.24) is 9.55 Å². The fraction of sp³-hybridized carbons (Fsp3) is 0.423. The Morgan fingerprint density at radius 1 is 1.17 bits per heavy atom. The summed E-state index contributed by atoms with van der Waals surface area (Å²) in [4.78, 5) is 55.8. The van der Waals surface area contributed by atoms with E-state index in [1.165, 1.54) is 17.0 Å². The molecular weight excluding hydrogens is 482 g/mol. The molecule has 1 N–H and O–H groups in total. The van der Waals surface area contributed by atoms with Crippen molar-refractivity contribution in [3.63, 3.8) is 0 Å². The number of amides is 1. The van der Waals surface area contributed by atoms with Crippen LogP contribution in [0.5, 0.6) is 0 Å². The zero-order valence-corrected chi connectivity index (χ0v) is 21.4. The largest absolute Gasteiger partial charge is 0.459 e. The molecule has 0 saturated heterocycles. The van der Waals surface area contributed by atoms with E-state index in [4.69, 9.17) is 9.47 Å². The number of nitrogens with one attached hydrogen (secondary N) is 1. The lowest BCUT2D eigenvalue weighted by molar-refractivity contribution is -0.116. The molecule has 4 rings (SSSR count). The lowest BCUT2D eigenvalue weighted by atomic mass is 9.98. The molecule has 3 aromatic rings. The summed E-state index contributed by atoms with van der Waals surface area (Å²) in [7, 11) is 0. The maximum absolute atomic E-state index is 13.1. The predicted octanol–water partition coefficient (Wildman–Crippen LogP) is 4.46. The van der Waals surface area contributed by atoms with E-state index in [0.717, 1.165) is 43.4 Å². The molecule has 0 bridgehead atoms. The van der Waals surface area contributed by atoms with Crippen LogP contribution in [0.2, 0.25) is 0 Å². The average molecular weight is 512 g/mol. The molecule has 0 radical (unpaired) electrons. The van der Waals surface area contributed by atoms with Crippen molar-refractivity contribution in [2.45, 2.75) is 71.6 Å². The van der Waals surface area contributed by atoms with E-state index in [9.17, 15) is 19.2 Å². The molecule has 190 valence electrons. The summed E-state index contributed by atoms with van der Waals surface area (Å²) in [6.07, 6.45) is 5.91. The first kappa shape index (κ1) is 25.6. The van der Waals surface area contributed by atoms with Gasteiger partial charge in [0.15, 0.2) is 0 Å². The van der Waals surface area contributed by atoms with E-state index >= 15 is 0 Å². The fourth-order valence-corrected chi connectivity index (χ4v) is 5.24. The summed E-state index contributed by atoms with van der Waals surface area (Å²) < 4.78 is 12.1.